The van der Waals surface area contributed by atoms with Crippen LogP contribution in [0.25, 0.3) is 0 Å². The van der Waals surface area contributed by atoms with Gasteiger partial charge in [-0.25, -0.2) is 0 Å². The Kier molecular flexibility index (Phi) is 4.81. The summed E-state index contributed by atoms with van der Waals surface area (Å²) in [6.07, 6.45) is 0.219. The minimum absolute atomic E-state index is 0.0304. The van der Waals surface area contributed by atoms with Crippen molar-refractivity contribution in [2.75, 3.05) is 26.2 Å². The van der Waals surface area contributed by atoms with Gasteiger partial charge in [-0.15, -0.1) is 0 Å². The zero-order chi connectivity index (χ0) is 16.3. The fourth-order valence-corrected chi connectivity index (χ4v) is 2.69. The first kappa shape index (κ1) is 16.4. The molecule has 0 unspecified atom stereocenters. The van der Waals surface area contributed by atoms with Crippen molar-refractivity contribution in [1.82, 2.24) is 9.80 Å². The van der Waals surface area contributed by atoms with Crippen LogP contribution in [0.5, 0.6) is 0 Å². The van der Waals surface area contributed by atoms with Crippen molar-refractivity contribution in [3.8, 4) is 0 Å². The van der Waals surface area contributed by atoms with E-state index in [0.29, 0.717) is 18.7 Å². The number of non-ortho nitro benzene ring substituents is 1. The number of amides is 1. The van der Waals surface area contributed by atoms with E-state index < -0.39 is 4.92 Å². The van der Waals surface area contributed by atoms with Gasteiger partial charge < -0.3 is 4.90 Å². The third kappa shape index (κ3) is 4.04. The van der Waals surface area contributed by atoms with Crippen molar-refractivity contribution in [2.24, 2.45) is 0 Å². The molecule has 0 spiro atoms. The summed E-state index contributed by atoms with van der Waals surface area (Å²) in [6, 6.07) is 6.30. The van der Waals surface area contributed by atoms with E-state index in [1.165, 1.54) is 12.1 Å². The third-order valence-corrected chi connectivity index (χ3v) is 4.06. The van der Waals surface area contributed by atoms with E-state index in [1.807, 2.05) is 4.90 Å². The Labute approximate surface area is 130 Å². The minimum atomic E-state index is -0.434. The van der Waals surface area contributed by atoms with E-state index in [0.717, 1.165) is 13.1 Å². The lowest BCUT2D eigenvalue weighted by Crippen LogP contribution is -2.54. The Hall–Kier alpha value is -1.95. The lowest BCUT2D eigenvalue weighted by molar-refractivity contribution is -0.384. The predicted octanol–water partition coefficient (Wildman–Crippen LogP) is 2.08. The number of carbonyl (C=O) groups excluding carboxylic acids is 1. The second kappa shape index (κ2) is 6.44. The average molecular weight is 305 g/mol. The first-order valence-electron chi connectivity index (χ1n) is 7.53. The van der Waals surface area contributed by atoms with Crippen molar-refractivity contribution in [3.05, 3.63) is 39.9 Å². The molecule has 1 aliphatic heterocycles. The molecule has 1 fully saturated rings. The molecule has 1 amide bonds. The number of nitro benzene ring substituents is 1. The lowest BCUT2D eigenvalue weighted by atomic mass is 10.0. The topological polar surface area (TPSA) is 66.7 Å². The zero-order valence-corrected chi connectivity index (χ0v) is 13.4. The number of hydrogen-bond acceptors (Lipinski definition) is 4. The number of piperazine rings is 1. The Morgan fingerprint density at radius 3 is 2.41 bits per heavy atom. The van der Waals surface area contributed by atoms with Crippen molar-refractivity contribution in [2.45, 2.75) is 32.7 Å². The summed E-state index contributed by atoms with van der Waals surface area (Å²) >= 11 is 0. The Morgan fingerprint density at radius 2 is 1.86 bits per heavy atom. The number of carbonyl (C=O) groups is 1. The van der Waals surface area contributed by atoms with Crippen LogP contribution in [0.3, 0.4) is 0 Å². The van der Waals surface area contributed by atoms with Crippen LogP contribution in [-0.4, -0.2) is 52.3 Å². The van der Waals surface area contributed by atoms with Crippen LogP contribution in [0, 0.1) is 10.1 Å². The summed E-state index contributed by atoms with van der Waals surface area (Å²) in [5.41, 5.74) is 0.843. The van der Waals surface area contributed by atoms with Crippen molar-refractivity contribution < 1.29 is 9.72 Å². The molecule has 120 valence electrons. The SMILES string of the molecule is CC(C)(C)N1CCN(C(=O)Cc2cccc([N+](=O)[O-])c2)CC1. The minimum Gasteiger partial charge on any atom is -0.340 e. The number of hydrogen-bond donors (Lipinski definition) is 0. The summed E-state index contributed by atoms with van der Waals surface area (Å²) in [6.45, 7) is 9.68. The van der Waals surface area contributed by atoms with Crippen molar-refractivity contribution in [3.63, 3.8) is 0 Å². The number of rotatable bonds is 3. The molecule has 0 N–H and O–H groups in total. The fraction of sp³-hybridized carbons (Fsp3) is 0.562. The highest BCUT2D eigenvalue weighted by atomic mass is 16.6. The van der Waals surface area contributed by atoms with Gasteiger partial charge in [-0.3, -0.25) is 19.8 Å². The molecular formula is C16H23N3O3. The first-order valence-corrected chi connectivity index (χ1v) is 7.53. The van der Waals surface area contributed by atoms with Gasteiger partial charge in [0, 0.05) is 43.9 Å². The van der Waals surface area contributed by atoms with Crippen LogP contribution in [0.15, 0.2) is 24.3 Å². The molecule has 1 aromatic rings. The molecule has 6 nitrogen and oxygen atoms in total. The van der Waals surface area contributed by atoms with Crippen LogP contribution >= 0.6 is 0 Å². The summed E-state index contributed by atoms with van der Waals surface area (Å²) in [5.74, 6) is 0.0362. The van der Waals surface area contributed by atoms with E-state index in [1.54, 1.807) is 12.1 Å². The highest BCUT2D eigenvalue weighted by Gasteiger charge is 2.27. The highest BCUT2D eigenvalue weighted by molar-refractivity contribution is 5.79. The van der Waals surface area contributed by atoms with Gasteiger partial charge >= 0.3 is 0 Å². The van der Waals surface area contributed by atoms with Crippen LogP contribution in [0.2, 0.25) is 0 Å². The molecule has 6 heteroatoms. The second-order valence-corrected chi connectivity index (χ2v) is 6.64. The second-order valence-electron chi connectivity index (χ2n) is 6.64. The maximum atomic E-state index is 12.3. The zero-order valence-electron chi connectivity index (χ0n) is 13.4. The molecule has 1 aliphatic rings. The molecule has 0 bridgehead atoms. The number of nitro groups is 1. The molecule has 0 saturated carbocycles. The van der Waals surface area contributed by atoms with Gasteiger partial charge in [-0.1, -0.05) is 12.1 Å². The third-order valence-electron chi connectivity index (χ3n) is 4.06. The molecule has 1 heterocycles. The summed E-state index contributed by atoms with van der Waals surface area (Å²) in [7, 11) is 0. The quantitative estimate of drug-likeness (QED) is 0.633. The van der Waals surface area contributed by atoms with Gasteiger partial charge in [0.1, 0.15) is 0 Å². The molecule has 22 heavy (non-hydrogen) atoms. The van der Waals surface area contributed by atoms with Gasteiger partial charge in [0.05, 0.1) is 11.3 Å². The van der Waals surface area contributed by atoms with Crippen LogP contribution in [0.1, 0.15) is 26.3 Å². The maximum absolute atomic E-state index is 12.3. The van der Waals surface area contributed by atoms with Gasteiger partial charge in [-0.2, -0.15) is 0 Å². The van der Waals surface area contributed by atoms with E-state index >= 15 is 0 Å². The van der Waals surface area contributed by atoms with Gasteiger partial charge in [0.2, 0.25) is 5.91 Å². The fourth-order valence-electron chi connectivity index (χ4n) is 2.69. The molecule has 2 rings (SSSR count). The number of benzene rings is 1. The molecule has 0 atom stereocenters. The average Bonchev–Trinajstić information content (AvgIpc) is 2.46. The van der Waals surface area contributed by atoms with Crippen molar-refractivity contribution in [1.29, 1.82) is 0 Å². The normalized spacial score (nSPS) is 16.6. The molecule has 0 radical (unpaired) electrons. The van der Waals surface area contributed by atoms with E-state index in [4.69, 9.17) is 0 Å². The molecule has 1 aromatic carbocycles. The summed E-state index contributed by atoms with van der Waals surface area (Å²) in [5, 5.41) is 10.8. The van der Waals surface area contributed by atoms with E-state index in [2.05, 4.69) is 25.7 Å². The smallest absolute Gasteiger partial charge is 0.269 e. The monoisotopic (exact) mass is 305 g/mol. The molecule has 0 aliphatic carbocycles. The van der Waals surface area contributed by atoms with Crippen LogP contribution in [-0.2, 0) is 11.2 Å². The van der Waals surface area contributed by atoms with Crippen LogP contribution < -0.4 is 0 Å². The number of nitrogens with zero attached hydrogens (tertiary/aromatic N) is 3. The maximum Gasteiger partial charge on any atom is 0.269 e. The van der Waals surface area contributed by atoms with Gasteiger partial charge in [0.25, 0.3) is 5.69 Å². The summed E-state index contributed by atoms with van der Waals surface area (Å²) in [4.78, 5) is 26.9. The molecular weight excluding hydrogens is 282 g/mol. The van der Waals surface area contributed by atoms with Crippen LogP contribution in [0.4, 0.5) is 5.69 Å². The molecule has 1 saturated heterocycles. The standard InChI is InChI=1S/C16H23N3O3/c1-16(2,3)18-9-7-17(8-10-18)15(20)12-13-5-4-6-14(11-13)19(21)22/h4-6,11H,7-10,12H2,1-3H3. The predicted molar refractivity (Wildman–Crippen MR) is 84.7 cm³/mol. The molecule has 0 aromatic heterocycles. The van der Waals surface area contributed by atoms with Crippen molar-refractivity contribution >= 4 is 11.6 Å². The Morgan fingerprint density at radius 1 is 1.23 bits per heavy atom. The lowest BCUT2D eigenvalue weighted by Gasteiger charge is -2.42. The Balaban J connectivity index is 1.94. The van der Waals surface area contributed by atoms with E-state index in [-0.39, 0.29) is 23.6 Å². The van der Waals surface area contributed by atoms with E-state index in [9.17, 15) is 14.9 Å². The summed E-state index contributed by atoms with van der Waals surface area (Å²) < 4.78 is 0. The van der Waals surface area contributed by atoms with Gasteiger partial charge in [0.15, 0.2) is 0 Å². The Bertz CT molecular complexity index is 558. The first-order chi connectivity index (χ1) is 10.3. The highest BCUT2D eigenvalue weighted by Crippen LogP contribution is 2.17. The van der Waals surface area contributed by atoms with Gasteiger partial charge in [-0.05, 0) is 26.3 Å². The largest absolute Gasteiger partial charge is 0.340 e.